The van der Waals surface area contributed by atoms with Gasteiger partial charge in [0.05, 0.1) is 13.7 Å². The second-order valence-corrected chi connectivity index (χ2v) is 5.94. The van der Waals surface area contributed by atoms with Gasteiger partial charge in [-0.15, -0.1) is 0 Å². The number of alkyl halides is 2. The van der Waals surface area contributed by atoms with Crippen LogP contribution in [0.2, 0.25) is 0 Å². The Bertz CT molecular complexity index is 817. The van der Waals surface area contributed by atoms with Crippen molar-refractivity contribution < 1.29 is 42.8 Å². The predicted octanol–water partition coefficient (Wildman–Crippen LogP) is 3.18. The number of rotatable bonds is 10. The van der Waals surface area contributed by atoms with Crippen LogP contribution in [0.1, 0.15) is 18.1 Å². The zero-order valence-corrected chi connectivity index (χ0v) is 17.1. The van der Waals surface area contributed by atoms with Gasteiger partial charge in [0.25, 0.3) is 0 Å². The zero-order chi connectivity index (χ0) is 23.2. The van der Waals surface area contributed by atoms with Crippen molar-refractivity contribution in [3.8, 4) is 17.2 Å². The Labute approximate surface area is 178 Å². The van der Waals surface area contributed by atoms with Crippen LogP contribution in [0.5, 0.6) is 17.2 Å². The maximum atomic E-state index is 12.7. The van der Waals surface area contributed by atoms with Gasteiger partial charge in [0.15, 0.2) is 11.5 Å². The van der Waals surface area contributed by atoms with Crippen LogP contribution in [0.4, 0.5) is 8.78 Å². The smallest absolute Gasteiger partial charge is 0.414 e. The van der Waals surface area contributed by atoms with Gasteiger partial charge >= 0.3 is 18.6 Å². The highest BCUT2D eigenvalue weighted by molar-refractivity contribution is 6.27. The van der Waals surface area contributed by atoms with Crippen LogP contribution in [-0.4, -0.2) is 49.0 Å². The fourth-order valence-corrected chi connectivity index (χ4v) is 2.44. The number of ether oxygens (including phenoxy) is 3. The molecule has 0 amide bonds. The summed E-state index contributed by atoms with van der Waals surface area (Å²) >= 11 is 0. The van der Waals surface area contributed by atoms with Crippen LogP contribution in [0, 0.1) is 0 Å². The summed E-state index contributed by atoms with van der Waals surface area (Å²) in [7, 11) is 1.63. The van der Waals surface area contributed by atoms with Crippen LogP contribution in [0.25, 0.3) is 0 Å². The van der Waals surface area contributed by atoms with E-state index < -0.39 is 18.6 Å². The maximum absolute atomic E-state index is 12.7. The second-order valence-electron chi connectivity index (χ2n) is 5.94. The van der Waals surface area contributed by atoms with Gasteiger partial charge in [0.1, 0.15) is 5.75 Å². The number of nitrogens with one attached hydrogen (secondary N) is 1. The first kappa shape index (κ1) is 25.6. The van der Waals surface area contributed by atoms with Gasteiger partial charge in [0.2, 0.25) is 0 Å². The van der Waals surface area contributed by atoms with Gasteiger partial charge in [-0.2, -0.15) is 8.78 Å². The third kappa shape index (κ3) is 9.77. The van der Waals surface area contributed by atoms with Crippen molar-refractivity contribution in [2.24, 2.45) is 0 Å². The largest absolute Gasteiger partial charge is 0.497 e. The van der Waals surface area contributed by atoms with Crippen LogP contribution < -0.4 is 19.5 Å². The number of methoxy groups -OCH3 is 1. The molecule has 0 aliphatic heterocycles. The molecule has 8 nitrogen and oxygen atoms in total. The molecule has 2 rings (SSSR count). The van der Waals surface area contributed by atoms with Crippen molar-refractivity contribution in [2.75, 3.05) is 20.3 Å². The Morgan fingerprint density at radius 2 is 1.71 bits per heavy atom. The van der Waals surface area contributed by atoms with E-state index in [2.05, 4.69) is 10.1 Å². The van der Waals surface area contributed by atoms with Crippen molar-refractivity contribution in [2.45, 2.75) is 26.5 Å². The van der Waals surface area contributed by atoms with Gasteiger partial charge in [-0.05, 0) is 43.7 Å². The molecule has 0 aliphatic carbocycles. The zero-order valence-electron chi connectivity index (χ0n) is 17.1. The molecule has 0 saturated carbocycles. The van der Waals surface area contributed by atoms with Gasteiger partial charge in [0, 0.05) is 12.1 Å². The van der Waals surface area contributed by atoms with E-state index in [9.17, 15) is 8.78 Å². The molecule has 0 radical (unpaired) electrons. The number of hydrogen-bond donors (Lipinski definition) is 3. The third-order valence-electron chi connectivity index (χ3n) is 3.82. The Kier molecular flexibility index (Phi) is 11.4. The third-order valence-corrected chi connectivity index (χ3v) is 3.82. The lowest BCUT2D eigenvalue weighted by Crippen LogP contribution is -2.18. The highest BCUT2D eigenvalue weighted by Gasteiger charge is 2.15. The Morgan fingerprint density at radius 3 is 2.23 bits per heavy atom. The summed E-state index contributed by atoms with van der Waals surface area (Å²) in [5.41, 5.74) is 1.81. The van der Waals surface area contributed by atoms with Gasteiger partial charge in [-0.3, -0.25) is 0 Å². The topological polar surface area (TPSA) is 114 Å². The molecule has 2 aromatic carbocycles. The molecule has 0 fully saturated rings. The summed E-state index contributed by atoms with van der Waals surface area (Å²) in [6.07, 6.45) is 0.820. The van der Waals surface area contributed by atoms with E-state index in [1.165, 1.54) is 5.56 Å². The lowest BCUT2D eigenvalue weighted by molar-refractivity contribution is -0.159. The van der Waals surface area contributed by atoms with Crippen LogP contribution in [-0.2, 0) is 22.6 Å². The van der Waals surface area contributed by atoms with E-state index in [4.69, 9.17) is 29.3 Å². The lowest BCUT2D eigenvalue weighted by atomic mass is 10.1. The Morgan fingerprint density at radius 1 is 1.06 bits per heavy atom. The molecule has 170 valence electrons. The molecule has 3 N–H and O–H groups in total. The van der Waals surface area contributed by atoms with Crippen LogP contribution in [0.3, 0.4) is 0 Å². The minimum absolute atomic E-state index is 0.0938. The number of halogens is 2. The molecule has 0 atom stereocenters. The lowest BCUT2D eigenvalue weighted by Gasteiger charge is -2.15. The van der Waals surface area contributed by atoms with E-state index in [-0.39, 0.29) is 5.75 Å². The molecule has 0 saturated heterocycles. The predicted molar refractivity (Wildman–Crippen MR) is 108 cm³/mol. The molecule has 10 heteroatoms. The van der Waals surface area contributed by atoms with Crippen molar-refractivity contribution in [3.05, 3.63) is 53.6 Å². The summed E-state index contributed by atoms with van der Waals surface area (Å²) < 4.78 is 40.5. The average molecular weight is 441 g/mol. The molecule has 31 heavy (non-hydrogen) atoms. The fraction of sp³-hybridized carbons (Fsp3) is 0.333. The number of benzene rings is 2. The quantitative estimate of drug-likeness (QED) is 0.381. The number of carboxylic acids is 2. The number of para-hydroxylation sites is 1. The standard InChI is InChI=1S/C19H23F2NO3.C2H2O4/c1-3-24-17-6-4-5-15(18(17)25-19(20)21)13-22-12-11-14-7-9-16(23-2)10-8-14;3-1(4)2(5)6/h4-10,19,22H,3,11-13H2,1-2H3;(H,3,4)(H,5,6). The minimum atomic E-state index is -2.89. The molecule has 0 unspecified atom stereocenters. The van der Waals surface area contributed by atoms with E-state index in [1.54, 1.807) is 32.2 Å². The molecule has 0 aromatic heterocycles. The fourth-order valence-electron chi connectivity index (χ4n) is 2.44. The van der Waals surface area contributed by atoms with Crippen molar-refractivity contribution in [1.29, 1.82) is 0 Å². The number of hydrogen-bond acceptors (Lipinski definition) is 6. The highest BCUT2D eigenvalue weighted by Crippen LogP contribution is 2.32. The van der Waals surface area contributed by atoms with E-state index >= 15 is 0 Å². The van der Waals surface area contributed by atoms with E-state index in [0.717, 1.165) is 12.2 Å². The Balaban J connectivity index is 0.000000703. The molecular formula is C21H25F2NO7. The normalized spacial score (nSPS) is 10.1. The van der Waals surface area contributed by atoms with Gasteiger partial charge in [-0.1, -0.05) is 24.3 Å². The van der Waals surface area contributed by atoms with Gasteiger partial charge < -0.3 is 29.7 Å². The van der Waals surface area contributed by atoms with E-state index in [1.807, 2.05) is 24.3 Å². The first-order valence-corrected chi connectivity index (χ1v) is 9.27. The Hall–Kier alpha value is -3.40. The minimum Gasteiger partial charge on any atom is -0.497 e. The summed E-state index contributed by atoms with van der Waals surface area (Å²) in [5.74, 6) is -2.41. The van der Waals surface area contributed by atoms with Crippen molar-refractivity contribution in [1.82, 2.24) is 5.32 Å². The monoisotopic (exact) mass is 441 g/mol. The first-order valence-electron chi connectivity index (χ1n) is 9.27. The average Bonchev–Trinajstić information content (AvgIpc) is 2.73. The molecule has 0 aliphatic rings. The van der Waals surface area contributed by atoms with Crippen molar-refractivity contribution >= 4 is 11.9 Å². The highest BCUT2D eigenvalue weighted by atomic mass is 19.3. The number of carbonyl (C=O) groups is 2. The second kappa shape index (κ2) is 13.8. The SMILES string of the molecule is CCOc1cccc(CNCCc2ccc(OC)cc2)c1OC(F)F.O=C(O)C(=O)O. The number of carboxylic acid groups (broad SMARTS) is 2. The van der Waals surface area contributed by atoms with Gasteiger partial charge in [-0.25, -0.2) is 9.59 Å². The molecular weight excluding hydrogens is 416 g/mol. The summed E-state index contributed by atoms with van der Waals surface area (Å²) in [6.45, 7) is 0.415. The van der Waals surface area contributed by atoms with Crippen LogP contribution >= 0.6 is 0 Å². The summed E-state index contributed by atoms with van der Waals surface area (Å²) in [6, 6.07) is 13.0. The summed E-state index contributed by atoms with van der Waals surface area (Å²) in [5, 5.41) is 18.0. The first-order chi connectivity index (χ1) is 14.8. The number of aliphatic carboxylic acids is 2. The maximum Gasteiger partial charge on any atom is 0.414 e. The molecule has 2 aromatic rings. The molecule has 0 bridgehead atoms. The molecule has 0 heterocycles. The molecule has 0 spiro atoms. The van der Waals surface area contributed by atoms with Crippen LogP contribution in [0.15, 0.2) is 42.5 Å². The summed E-state index contributed by atoms with van der Waals surface area (Å²) in [4.78, 5) is 18.2. The van der Waals surface area contributed by atoms with E-state index in [0.29, 0.717) is 31.0 Å². The van der Waals surface area contributed by atoms with Crippen molar-refractivity contribution in [3.63, 3.8) is 0 Å².